The van der Waals surface area contributed by atoms with E-state index < -0.39 is 10.0 Å². The van der Waals surface area contributed by atoms with Gasteiger partial charge in [0, 0.05) is 48.5 Å². The van der Waals surface area contributed by atoms with Crippen LogP contribution < -0.4 is 10.3 Å². The standard InChI is InChI=1S/C40H51N5O6S/c1-6-8-15-36-41-28(4)34(23-37(46)44-21-20-40(26-44)18-11-12-19-40)39(47)45(36)24-30-16-17-32(31(22-30)25-50-7-2)33-13-9-10-14-35(33)52(48,49)43-38-27(3)29(5)51-42-38/h9-10,13-14,16-17,22H,6-8,11-12,15,18-21,23-26H2,1-5H3,(H,42,43). The Morgan fingerprint density at radius 2 is 1.81 bits per heavy atom. The number of amides is 1. The predicted molar refractivity (Wildman–Crippen MR) is 201 cm³/mol. The van der Waals surface area contributed by atoms with E-state index in [0.29, 0.717) is 52.6 Å². The second kappa shape index (κ2) is 15.8. The summed E-state index contributed by atoms with van der Waals surface area (Å²) in [5.74, 6) is 1.37. The van der Waals surface area contributed by atoms with Crippen molar-refractivity contribution >= 4 is 21.7 Å². The van der Waals surface area contributed by atoms with Gasteiger partial charge in [-0.3, -0.25) is 18.9 Å². The van der Waals surface area contributed by atoms with Gasteiger partial charge in [0.05, 0.1) is 24.5 Å². The van der Waals surface area contributed by atoms with Crippen LogP contribution in [0, 0.1) is 26.2 Å². The average Bonchev–Trinajstić information content (AvgIpc) is 3.87. The number of aryl methyl sites for hydroxylation is 3. The van der Waals surface area contributed by atoms with E-state index in [9.17, 15) is 18.0 Å². The summed E-state index contributed by atoms with van der Waals surface area (Å²) in [4.78, 5) is 34.9. The smallest absolute Gasteiger partial charge is 0.263 e. The molecule has 0 atom stereocenters. The highest BCUT2D eigenvalue weighted by molar-refractivity contribution is 7.92. The summed E-state index contributed by atoms with van der Waals surface area (Å²) in [6.45, 7) is 11.8. The molecule has 1 spiro atoms. The molecule has 0 unspecified atom stereocenters. The van der Waals surface area contributed by atoms with Crippen LogP contribution in [0.2, 0.25) is 0 Å². The minimum Gasteiger partial charge on any atom is -0.377 e. The summed E-state index contributed by atoms with van der Waals surface area (Å²) in [5, 5.41) is 3.89. The zero-order valence-corrected chi connectivity index (χ0v) is 31.9. The molecule has 2 aromatic carbocycles. The number of carbonyl (C=O) groups excluding carboxylic acids is 1. The molecular formula is C40H51N5O6S. The number of hydrogen-bond acceptors (Lipinski definition) is 8. The number of rotatable bonds is 14. The van der Waals surface area contributed by atoms with Crippen molar-refractivity contribution in [2.75, 3.05) is 24.4 Å². The Kier molecular flexibility index (Phi) is 11.4. The Hall–Kier alpha value is -4.29. The van der Waals surface area contributed by atoms with Gasteiger partial charge in [-0.25, -0.2) is 13.4 Å². The molecule has 2 aromatic heterocycles. The summed E-state index contributed by atoms with van der Waals surface area (Å²) < 4.78 is 42.9. The van der Waals surface area contributed by atoms with Crippen LogP contribution in [0.15, 0.2) is 56.7 Å². The van der Waals surface area contributed by atoms with E-state index >= 15 is 0 Å². The van der Waals surface area contributed by atoms with Crippen LogP contribution in [0.25, 0.3) is 11.1 Å². The van der Waals surface area contributed by atoms with Crippen LogP contribution in [-0.4, -0.2) is 53.6 Å². The normalized spacial score (nSPS) is 15.5. The molecule has 1 saturated heterocycles. The van der Waals surface area contributed by atoms with Gasteiger partial charge < -0.3 is 14.2 Å². The number of sulfonamides is 1. The largest absolute Gasteiger partial charge is 0.377 e. The van der Waals surface area contributed by atoms with E-state index in [4.69, 9.17) is 14.2 Å². The predicted octanol–water partition coefficient (Wildman–Crippen LogP) is 6.89. The topological polar surface area (TPSA) is 137 Å². The van der Waals surface area contributed by atoms with E-state index in [2.05, 4.69) is 16.8 Å². The first kappa shape index (κ1) is 37.5. The van der Waals surface area contributed by atoms with E-state index in [1.54, 1.807) is 42.7 Å². The molecule has 1 aliphatic carbocycles. The van der Waals surface area contributed by atoms with E-state index in [1.165, 1.54) is 25.7 Å². The van der Waals surface area contributed by atoms with E-state index in [0.717, 1.165) is 43.5 Å². The number of aromatic nitrogens is 3. The van der Waals surface area contributed by atoms with Gasteiger partial charge >= 0.3 is 0 Å². The third kappa shape index (κ3) is 7.88. The number of nitrogens with one attached hydrogen (secondary N) is 1. The molecule has 1 N–H and O–H groups in total. The molecule has 4 aromatic rings. The summed E-state index contributed by atoms with van der Waals surface area (Å²) in [5.41, 5.74) is 4.59. The zero-order valence-electron chi connectivity index (χ0n) is 31.1. The molecular weight excluding hydrogens is 679 g/mol. The maximum atomic E-state index is 14.3. The van der Waals surface area contributed by atoms with Gasteiger partial charge in [-0.2, -0.15) is 0 Å². The van der Waals surface area contributed by atoms with Crippen molar-refractivity contribution in [3.8, 4) is 11.1 Å². The first-order valence-corrected chi connectivity index (χ1v) is 20.0. The minimum atomic E-state index is -4.05. The van der Waals surface area contributed by atoms with Crippen LogP contribution >= 0.6 is 0 Å². The first-order chi connectivity index (χ1) is 24.9. The van der Waals surface area contributed by atoms with Crippen molar-refractivity contribution in [3.63, 3.8) is 0 Å². The number of unbranched alkanes of at least 4 members (excludes halogenated alkanes) is 1. The first-order valence-electron chi connectivity index (χ1n) is 18.6. The van der Waals surface area contributed by atoms with Crippen molar-refractivity contribution in [2.45, 2.75) is 110 Å². The molecule has 0 bridgehead atoms. The highest BCUT2D eigenvalue weighted by atomic mass is 32.2. The minimum absolute atomic E-state index is 0.000981. The van der Waals surface area contributed by atoms with Crippen molar-refractivity contribution in [1.82, 2.24) is 19.6 Å². The highest BCUT2D eigenvalue weighted by Gasteiger charge is 2.41. The molecule has 1 amide bonds. The third-order valence-electron chi connectivity index (χ3n) is 10.9. The maximum absolute atomic E-state index is 14.3. The van der Waals surface area contributed by atoms with Gasteiger partial charge in [-0.05, 0) is 81.5 Å². The van der Waals surface area contributed by atoms with Crippen LogP contribution in [0.5, 0.6) is 0 Å². The maximum Gasteiger partial charge on any atom is 0.263 e. The van der Waals surface area contributed by atoms with Crippen LogP contribution in [0.3, 0.4) is 0 Å². The number of benzene rings is 2. The van der Waals surface area contributed by atoms with Crippen LogP contribution in [0.4, 0.5) is 5.82 Å². The van der Waals surface area contributed by atoms with E-state index in [1.807, 2.05) is 36.9 Å². The zero-order chi connectivity index (χ0) is 37.0. The molecule has 2 fully saturated rings. The number of ether oxygens (including phenoxy) is 1. The lowest BCUT2D eigenvalue weighted by atomic mass is 9.86. The van der Waals surface area contributed by atoms with Crippen LogP contribution in [-0.2, 0) is 45.5 Å². The Morgan fingerprint density at radius 1 is 1.04 bits per heavy atom. The lowest BCUT2D eigenvalue weighted by molar-refractivity contribution is -0.129. The molecule has 52 heavy (non-hydrogen) atoms. The third-order valence-corrected chi connectivity index (χ3v) is 12.3. The lowest BCUT2D eigenvalue weighted by Crippen LogP contribution is -2.36. The fourth-order valence-corrected chi connectivity index (χ4v) is 9.01. The lowest BCUT2D eigenvalue weighted by Gasteiger charge is -2.24. The van der Waals surface area contributed by atoms with Crippen molar-refractivity contribution in [3.05, 3.63) is 92.4 Å². The van der Waals surface area contributed by atoms with Crippen molar-refractivity contribution in [1.29, 1.82) is 0 Å². The summed E-state index contributed by atoms with van der Waals surface area (Å²) in [7, 11) is -4.05. The van der Waals surface area contributed by atoms with Gasteiger partial charge in [-0.1, -0.05) is 67.7 Å². The van der Waals surface area contributed by atoms with Crippen molar-refractivity contribution < 1.29 is 22.5 Å². The summed E-state index contributed by atoms with van der Waals surface area (Å²) >= 11 is 0. The van der Waals surface area contributed by atoms with Gasteiger partial charge in [0.25, 0.3) is 15.6 Å². The van der Waals surface area contributed by atoms with Gasteiger partial charge in [0.15, 0.2) is 5.82 Å². The SMILES string of the molecule is CCCCc1nc(C)c(CC(=O)N2CCC3(CCCC3)C2)c(=O)n1Cc1ccc(-c2ccccc2S(=O)(=O)Nc2noc(C)c2C)c(COCC)c1. The molecule has 2 aliphatic rings. The molecule has 6 rings (SSSR count). The number of likely N-dealkylation sites (tertiary alicyclic amines) is 1. The number of nitrogens with zero attached hydrogens (tertiary/aromatic N) is 4. The summed E-state index contributed by atoms with van der Waals surface area (Å²) in [6, 6.07) is 12.6. The Balaban J connectivity index is 1.33. The Labute approximate surface area is 306 Å². The van der Waals surface area contributed by atoms with Crippen molar-refractivity contribution in [2.24, 2.45) is 5.41 Å². The van der Waals surface area contributed by atoms with Crippen LogP contribution in [0.1, 0.15) is 98.3 Å². The molecule has 11 nitrogen and oxygen atoms in total. The quantitative estimate of drug-likeness (QED) is 0.148. The Bertz CT molecular complexity index is 2100. The molecule has 1 aliphatic heterocycles. The number of carbonyl (C=O) groups is 1. The molecule has 278 valence electrons. The molecule has 3 heterocycles. The number of anilines is 1. The molecule has 12 heteroatoms. The van der Waals surface area contributed by atoms with Gasteiger partial charge in [0.2, 0.25) is 5.91 Å². The molecule has 0 radical (unpaired) electrons. The van der Waals surface area contributed by atoms with E-state index in [-0.39, 0.29) is 47.2 Å². The summed E-state index contributed by atoms with van der Waals surface area (Å²) in [6.07, 6.45) is 8.38. The number of hydrogen-bond donors (Lipinski definition) is 1. The second-order valence-corrected chi connectivity index (χ2v) is 16.1. The second-order valence-electron chi connectivity index (χ2n) is 14.5. The fraction of sp³-hybridized carbons (Fsp3) is 0.500. The van der Waals surface area contributed by atoms with Gasteiger partial charge in [0.1, 0.15) is 11.6 Å². The monoisotopic (exact) mass is 729 g/mol. The fourth-order valence-electron chi connectivity index (χ4n) is 7.73. The molecule has 1 saturated carbocycles. The average molecular weight is 730 g/mol. The Morgan fingerprint density at radius 3 is 2.52 bits per heavy atom. The van der Waals surface area contributed by atoms with Gasteiger partial charge in [-0.15, -0.1) is 0 Å². The highest BCUT2D eigenvalue weighted by Crippen LogP contribution is 2.45.